The molecule has 0 aliphatic carbocycles. The first-order valence-corrected chi connectivity index (χ1v) is 8.98. The fourth-order valence-corrected chi connectivity index (χ4v) is 2.08. The number of ether oxygens (including phenoxy) is 1. The highest BCUT2D eigenvalue weighted by atomic mass is 32.2. The van der Waals surface area contributed by atoms with Gasteiger partial charge in [-0.05, 0) is 6.26 Å². The molecule has 0 saturated carbocycles. The molecule has 0 fully saturated rings. The lowest BCUT2D eigenvalue weighted by atomic mass is 9.88. The molecule has 19 heteroatoms. The Morgan fingerprint density at radius 3 is 1.19 bits per heavy atom. The van der Waals surface area contributed by atoms with Crippen molar-refractivity contribution in [2.75, 3.05) is 25.2 Å². The Morgan fingerprint density at radius 1 is 0.500 bits per heavy atom. The van der Waals surface area contributed by atoms with Crippen molar-refractivity contribution < 1.29 is 79.4 Å². The first kappa shape index (κ1) is 31.1. The molecule has 0 aromatic heterocycles. The Morgan fingerprint density at radius 2 is 0.844 bits per heavy atom. The van der Waals surface area contributed by atoms with Crippen molar-refractivity contribution >= 4 is 11.8 Å². The average molecular weight is 538 g/mol. The van der Waals surface area contributed by atoms with E-state index in [1.54, 1.807) is 0 Å². The van der Waals surface area contributed by atoms with Crippen LogP contribution in [0.1, 0.15) is 6.42 Å². The minimum Gasteiger partial charge on any atom is -0.380 e. The molecule has 0 N–H and O–H groups in total. The maximum atomic E-state index is 13.5. The van der Waals surface area contributed by atoms with Crippen LogP contribution in [0.3, 0.4) is 0 Å². The molecule has 0 unspecified atom stereocenters. The molecule has 0 bridgehead atoms. The van der Waals surface area contributed by atoms with Crippen LogP contribution in [0.4, 0.5) is 74.6 Å². The minimum atomic E-state index is -8.60. The van der Waals surface area contributed by atoms with E-state index in [1.807, 2.05) is 0 Å². The van der Waals surface area contributed by atoms with Crippen LogP contribution in [0.5, 0.6) is 0 Å². The van der Waals surface area contributed by atoms with Gasteiger partial charge in [-0.25, -0.2) is 0 Å². The fourth-order valence-electron chi connectivity index (χ4n) is 1.80. The van der Waals surface area contributed by atoms with Gasteiger partial charge in [0.25, 0.3) is 0 Å². The predicted molar refractivity (Wildman–Crippen MR) is 74.5 cm³/mol. The molecule has 0 rings (SSSR count). The summed E-state index contributed by atoms with van der Waals surface area (Å²) in [6, 6.07) is 0. The van der Waals surface area contributed by atoms with Crippen LogP contribution in [-0.2, 0) is 4.74 Å². The van der Waals surface area contributed by atoms with E-state index in [9.17, 15) is 74.6 Å². The van der Waals surface area contributed by atoms with Crippen molar-refractivity contribution in [1.82, 2.24) is 0 Å². The number of halogens is 17. The number of hydrogen-bond donors (Lipinski definition) is 0. The number of alkyl halides is 17. The lowest BCUT2D eigenvalue weighted by molar-refractivity contribution is -0.462. The topological polar surface area (TPSA) is 9.23 Å². The SMILES string of the molecule is CSCCOCCC(F)(F)C(F)(F)C(F)(F)C(F)(F)C(F)(F)C(F)(F)C(F)(F)C(F)(F)F. The molecule has 0 atom stereocenters. The highest BCUT2D eigenvalue weighted by molar-refractivity contribution is 7.98. The summed E-state index contributed by atoms with van der Waals surface area (Å²) in [5, 5.41) is 0. The van der Waals surface area contributed by atoms with Crippen LogP contribution in [-0.4, -0.2) is 72.9 Å². The van der Waals surface area contributed by atoms with Gasteiger partial charge in [-0.1, -0.05) is 0 Å². The van der Waals surface area contributed by atoms with E-state index in [2.05, 4.69) is 4.74 Å². The Kier molecular flexibility index (Phi) is 8.80. The monoisotopic (exact) mass is 538 g/mol. The molecular formula is C13H11F17OS. The smallest absolute Gasteiger partial charge is 0.380 e. The second kappa shape index (κ2) is 9.05. The zero-order valence-corrected chi connectivity index (χ0v) is 15.9. The van der Waals surface area contributed by atoms with E-state index in [0.717, 1.165) is 11.8 Å². The Hall–Kier alpha value is -0.880. The molecule has 32 heavy (non-hydrogen) atoms. The molecule has 1 nitrogen and oxygen atoms in total. The average Bonchev–Trinajstić information content (AvgIpc) is 2.59. The molecule has 0 spiro atoms. The highest BCUT2D eigenvalue weighted by Crippen LogP contribution is 2.64. The van der Waals surface area contributed by atoms with Gasteiger partial charge in [0, 0.05) is 12.2 Å². The van der Waals surface area contributed by atoms with E-state index < -0.39 is 67.3 Å². The molecule has 0 amide bonds. The van der Waals surface area contributed by atoms with Crippen LogP contribution >= 0.6 is 11.8 Å². The molecule has 0 aliphatic rings. The third-order valence-electron chi connectivity index (χ3n) is 3.78. The summed E-state index contributed by atoms with van der Waals surface area (Å²) in [5.74, 6) is -56.0. The van der Waals surface area contributed by atoms with Gasteiger partial charge in [-0.2, -0.15) is 86.4 Å². The zero-order valence-electron chi connectivity index (χ0n) is 15.1. The summed E-state index contributed by atoms with van der Waals surface area (Å²) < 4.78 is 225. The van der Waals surface area contributed by atoms with Gasteiger partial charge >= 0.3 is 47.6 Å². The van der Waals surface area contributed by atoms with Crippen molar-refractivity contribution in [2.24, 2.45) is 0 Å². The number of hydrogen-bond acceptors (Lipinski definition) is 2. The summed E-state index contributed by atoms with van der Waals surface area (Å²) in [4.78, 5) is 0. The van der Waals surface area contributed by atoms with Crippen molar-refractivity contribution in [2.45, 2.75) is 54.1 Å². The summed E-state index contributed by atoms with van der Waals surface area (Å²) >= 11 is 1.01. The lowest BCUT2D eigenvalue weighted by Crippen LogP contribution is -2.74. The molecule has 0 saturated heterocycles. The van der Waals surface area contributed by atoms with Crippen LogP contribution in [0.25, 0.3) is 0 Å². The van der Waals surface area contributed by atoms with Crippen molar-refractivity contribution in [1.29, 1.82) is 0 Å². The molecule has 194 valence electrons. The first-order chi connectivity index (χ1) is 13.8. The number of thioether (sulfide) groups is 1. The summed E-state index contributed by atoms with van der Waals surface area (Å²) in [5.41, 5.74) is 0. The molecular weight excluding hydrogens is 527 g/mol. The molecule has 0 heterocycles. The minimum absolute atomic E-state index is 0.0327. The second-order valence-electron chi connectivity index (χ2n) is 6.00. The first-order valence-electron chi connectivity index (χ1n) is 7.59. The van der Waals surface area contributed by atoms with Crippen LogP contribution < -0.4 is 0 Å². The fraction of sp³-hybridized carbons (Fsp3) is 1.00. The third-order valence-corrected chi connectivity index (χ3v) is 4.35. The molecule has 0 aromatic carbocycles. The largest absolute Gasteiger partial charge is 0.460 e. The lowest BCUT2D eigenvalue weighted by Gasteiger charge is -2.42. The maximum Gasteiger partial charge on any atom is 0.460 e. The Bertz CT molecular complexity index is 626. The van der Waals surface area contributed by atoms with Gasteiger partial charge < -0.3 is 4.74 Å². The van der Waals surface area contributed by atoms with Gasteiger partial charge in [0.2, 0.25) is 0 Å². The van der Waals surface area contributed by atoms with Gasteiger partial charge in [0.05, 0.1) is 13.2 Å². The Balaban J connectivity index is 6.25. The van der Waals surface area contributed by atoms with E-state index in [-0.39, 0.29) is 5.75 Å². The standard InChI is InChI=1S/C13H11F17OS/c1-32-5-4-31-3-2-6(14,15)7(16,17)8(18,19)9(20,21)10(22,23)11(24,25)12(26,27)13(28,29)30/h2-5H2,1H3. The van der Waals surface area contributed by atoms with Crippen molar-refractivity contribution in [3.63, 3.8) is 0 Å². The molecule has 0 radical (unpaired) electrons. The van der Waals surface area contributed by atoms with Crippen LogP contribution in [0, 0.1) is 0 Å². The third kappa shape index (κ3) is 4.68. The van der Waals surface area contributed by atoms with Crippen LogP contribution in [0.15, 0.2) is 0 Å². The molecule has 0 aromatic rings. The summed E-state index contributed by atoms with van der Waals surface area (Å²) in [6.07, 6.45) is -8.89. The predicted octanol–water partition coefficient (Wildman–Crippen LogP) is 6.77. The van der Waals surface area contributed by atoms with Crippen molar-refractivity contribution in [3.05, 3.63) is 0 Å². The van der Waals surface area contributed by atoms with E-state index in [1.165, 1.54) is 6.26 Å². The van der Waals surface area contributed by atoms with Gasteiger partial charge in [0.1, 0.15) is 0 Å². The van der Waals surface area contributed by atoms with Crippen LogP contribution in [0.2, 0.25) is 0 Å². The van der Waals surface area contributed by atoms with Gasteiger partial charge in [-0.15, -0.1) is 0 Å². The van der Waals surface area contributed by atoms with Crippen molar-refractivity contribution in [3.8, 4) is 0 Å². The van der Waals surface area contributed by atoms with E-state index in [0.29, 0.717) is 0 Å². The van der Waals surface area contributed by atoms with E-state index >= 15 is 0 Å². The molecule has 0 aliphatic heterocycles. The highest BCUT2D eigenvalue weighted by Gasteiger charge is 2.95. The van der Waals surface area contributed by atoms with Gasteiger partial charge in [0.15, 0.2) is 0 Å². The second-order valence-corrected chi connectivity index (χ2v) is 6.99. The summed E-state index contributed by atoms with van der Waals surface area (Å²) in [6.45, 7) is -2.03. The van der Waals surface area contributed by atoms with Gasteiger partial charge in [-0.3, -0.25) is 0 Å². The quantitative estimate of drug-likeness (QED) is 0.201. The summed E-state index contributed by atoms with van der Waals surface area (Å²) in [7, 11) is 0. The maximum absolute atomic E-state index is 13.5. The Labute approximate surface area is 171 Å². The number of rotatable bonds is 12. The normalized spacial score (nSPS) is 15.9. The van der Waals surface area contributed by atoms with E-state index in [4.69, 9.17) is 0 Å². The zero-order chi connectivity index (χ0) is 26.2.